The molecule has 5 nitrogen and oxygen atoms in total. The molecule has 0 radical (unpaired) electrons. The number of ether oxygens (including phenoxy) is 2. The number of nitrogens with one attached hydrogen (secondary N) is 1. The van der Waals surface area contributed by atoms with E-state index in [-0.39, 0.29) is 24.2 Å². The fourth-order valence-corrected chi connectivity index (χ4v) is 2.27. The van der Waals surface area contributed by atoms with E-state index in [0.29, 0.717) is 6.61 Å². The Hall–Kier alpha value is -0.650. The lowest BCUT2D eigenvalue weighted by Crippen LogP contribution is -2.46. The summed E-state index contributed by atoms with van der Waals surface area (Å²) in [5.74, 6) is -0.350. The molecule has 0 saturated carbocycles. The molecule has 0 aromatic carbocycles. The van der Waals surface area contributed by atoms with E-state index in [1.807, 2.05) is 20.8 Å². The van der Waals surface area contributed by atoms with Gasteiger partial charge in [0.05, 0.1) is 24.9 Å². The molecule has 106 valence electrons. The predicted octanol–water partition coefficient (Wildman–Crippen LogP) is 0.813. The van der Waals surface area contributed by atoms with Gasteiger partial charge in [-0.25, -0.2) is 0 Å². The number of hydrogen-bond acceptors (Lipinski definition) is 4. The number of carbonyl (C=O) groups is 1. The molecule has 0 spiro atoms. The minimum absolute atomic E-state index is 0.161. The monoisotopic (exact) mass is 258 g/mol. The summed E-state index contributed by atoms with van der Waals surface area (Å²) in [5, 5.41) is 3.10. The van der Waals surface area contributed by atoms with E-state index >= 15 is 0 Å². The van der Waals surface area contributed by atoms with Gasteiger partial charge in [-0.15, -0.1) is 0 Å². The van der Waals surface area contributed by atoms with Gasteiger partial charge in [0.1, 0.15) is 6.04 Å². The van der Waals surface area contributed by atoms with Gasteiger partial charge in [0.25, 0.3) is 0 Å². The van der Waals surface area contributed by atoms with Gasteiger partial charge in [-0.3, -0.25) is 4.79 Å². The van der Waals surface area contributed by atoms with Crippen LogP contribution in [0.1, 0.15) is 40.0 Å². The van der Waals surface area contributed by atoms with E-state index in [0.717, 1.165) is 25.8 Å². The zero-order chi connectivity index (χ0) is 13.5. The van der Waals surface area contributed by atoms with E-state index < -0.39 is 6.04 Å². The molecular weight excluding hydrogens is 232 g/mol. The highest BCUT2D eigenvalue weighted by Gasteiger charge is 2.26. The van der Waals surface area contributed by atoms with Crippen LogP contribution in [0.5, 0.6) is 0 Å². The molecule has 0 bridgehead atoms. The van der Waals surface area contributed by atoms with Crippen molar-refractivity contribution in [2.45, 2.75) is 64.4 Å². The van der Waals surface area contributed by atoms with Gasteiger partial charge in [-0.2, -0.15) is 0 Å². The summed E-state index contributed by atoms with van der Waals surface area (Å²) in [6.07, 6.45) is 3.32. The molecule has 1 rings (SSSR count). The van der Waals surface area contributed by atoms with Crippen molar-refractivity contribution in [2.75, 3.05) is 13.2 Å². The predicted molar refractivity (Wildman–Crippen MR) is 70.3 cm³/mol. The molecule has 1 fully saturated rings. The van der Waals surface area contributed by atoms with Gasteiger partial charge < -0.3 is 20.5 Å². The molecule has 5 heteroatoms. The van der Waals surface area contributed by atoms with Gasteiger partial charge >= 0.3 is 0 Å². The third-order valence-corrected chi connectivity index (χ3v) is 3.14. The van der Waals surface area contributed by atoms with Crippen LogP contribution < -0.4 is 11.1 Å². The first-order valence-electron chi connectivity index (χ1n) is 6.82. The molecule has 0 aromatic rings. The van der Waals surface area contributed by atoms with Crippen LogP contribution in [0.4, 0.5) is 0 Å². The normalized spacial score (nSPS) is 30.1. The lowest BCUT2D eigenvalue weighted by molar-refractivity contribution is -0.126. The Morgan fingerprint density at radius 1 is 1.44 bits per heavy atom. The van der Waals surface area contributed by atoms with Gasteiger partial charge in [-0.05, 0) is 39.7 Å². The fraction of sp³-hybridized carbons (Fsp3) is 0.923. The zero-order valence-electron chi connectivity index (χ0n) is 11.6. The Kier molecular flexibility index (Phi) is 6.60. The Bertz CT molecular complexity index is 251. The van der Waals surface area contributed by atoms with Crippen molar-refractivity contribution in [2.24, 2.45) is 5.73 Å². The molecule has 18 heavy (non-hydrogen) atoms. The van der Waals surface area contributed by atoms with E-state index in [9.17, 15) is 4.79 Å². The standard InChI is InChI=1S/C13H26N2O3/c1-4-5-15-12(13(14)16)8-17-11-6-9(2)18-10(3)7-11/h9-12,15H,4-8H2,1-3H3,(H2,14,16). The first kappa shape index (κ1) is 15.4. The first-order chi connectivity index (χ1) is 8.52. The first-order valence-corrected chi connectivity index (χ1v) is 6.82. The van der Waals surface area contributed by atoms with E-state index in [1.54, 1.807) is 0 Å². The van der Waals surface area contributed by atoms with Crippen molar-refractivity contribution in [3.05, 3.63) is 0 Å². The van der Waals surface area contributed by atoms with Gasteiger partial charge in [0.15, 0.2) is 0 Å². The summed E-state index contributed by atoms with van der Waals surface area (Å²) in [6.45, 7) is 7.27. The molecule has 0 aliphatic carbocycles. The Balaban J connectivity index is 2.34. The van der Waals surface area contributed by atoms with Crippen molar-refractivity contribution in [3.8, 4) is 0 Å². The van der Waals surface area contributed by atoms with Gasteiger partial charge in [0.2, 0.25) is 5.91 Å². The van der Waals surface area contributed by atoms with Crippen molar-refractivity contribution < 1.29 is 14.3 Å². The van der Waals surface area contributed by atoms with Crippen LogP contribution in [-0.2, 0) is 14.3 Å². The third kappa shape index (κ3) is 5.33. The maximum atomic E-state index is 11.3. The Labute approximate surface area is 109 Å². The third-order valence-electron chi connectivity index (χ3n) is 3.14. The summed E-state index contributed by atoms with van der Waals surface area (Å²) in [4.78, 5) is 11.3. The van der Waals surface area contributed by atoms with Crippen LogP contribution in [0.25, 0.3) is 0 Å². The van der Waals surface area contributed by atoms with Crippen molar-refractivity contribution in [1.82, 2.24) is 5.32 Å². The second-order valence-corrected chi connectivity index (χ2v) is 5.09. The van der Waals surface area contributed by atoms with Crippen molar-refractivity contribution >= 4 is 5.91 Å². The second kappa shape index (κ2) is 7.71. The number of hydrogen-bond donors (Lipinski definition) is 2. The van der Waals surface area contributed by atoms with Crippen LogP contribution in [0.2, 0.25) is 0 Å². The molecule has 1 saturated heterocycles. The molecule has 1 amide bonds. The average Bonchev–Trinajstić information content (AvgIpc) is 2.27. The summed E-state index contributed by atoms with van der Waals surface area (Å²) >= 11 is 0. The Morgan fingerprint density at radius 2 is 2.06 bits per heavy atom. The maximum absolute atomic E-state index is 11.3. The van der Waals surface area contributed by atoms with Crippen LogP contribution in [0.3, 0.4) is 0 Å². The van der Waals surface area contributed by atoms with Crippen molar-refractivity contribution in [3.63, 3.8) is 0 Å². The smallest absolute Gasteiger partial charge is 0.236 e. The minimum Gasteiger partial charge on any atom is -0.376 e. The Morgan fingerprint density at radius 3 is 2.56 bits per heavy atom. The quantitative estimate of drug-likeness (QED) is 0.709. The number of carbonyl (C=O) groups excluding carboxylic acids is 1. The van der Waals surface area contributed by atoms with E-state index in [2.05, 4.69) is 5.32 Å². The second-order valence-electron chi connectivity index (χ2n) is 5.09. The lowest BCUT2D eigenvalue weighted by atomic mass is 10.0. The zero-order valence-corrected chi connectivity index (χ0v) is 11.6. The van der Waals surface area contributed by atoms with Crippen LogP contribution in [-0.4, -0.2) is 43.4 Å². The molecule has 3 unspecified atom stereocenters. The SMILES string of the molecule is CCCNC(COC1CC(C)OC(C)C1)C(N)=O. The maximum Gasteiger partial charge on any atom is 0.236 e. The molecule has 0 aromatic heterocycles. The molecule has 3 atom stereocenters. The van der Waals surface area contributed by atoms with E-state index in [4.69, 9.17) is 15.2 Å². The van der Waals surface area contributed by atoms with Crippen LogP contribution in [0.15, 0.2) is 0 Å². The van der Waals surface area contributed by atoms with Gasteiger partial charge in [0, 0.05) is 0 Å². The highest BCUT2D eigenvalue weighted by Crippen LogP contribution is 2.21. The van der Waals surface area contributed by atoms with Crippen LogP contribution >= 0.6 is 0 Å². The van der Waals surface area contributed by atoms with Crippen molar-refractivity contribution in [1.29, 1.82) is 0 Å². The van der Waals surface area contributed by atoms with Gasteiger partial charge in [-0.1, -0.05) is 6.92 Å². The summed E-state index contributed by atoms with van der Waals surface area (Å²) in [7, 11) is 0. The highest BCUT2D eigenvalue weighted by atomic mass is 16.5. The number of nitrogens with two attached hydrogens (primary N) is 1. The summed E-state index contributed by atoms with van der Waals surface area (Å²) in [5.41, 5.74) is 5.34. The lowest BCUT2D eigenvalue weighted by Gasteiger charge is -2.32. The van der Waals surface area contributed by atoms with Crippen LogP contribution in [0, 0.1) is 0 Å². The number of primary amides is 1. The average molecular weight is 258 g/mol. The molecule has 1 heterocycles. The molecule has 3 N–H and O–H groups in total. The summed E-state index contributed by atoms with van der Waals surface area (Å²) in [6, 6.07) is -0.390. The number of amides is 1. The topological polar surface area (TPSA) is 73.6 Å². The number of rotatable bonds is 7. The largest absolute Gasteiger partial charge is 0.376 e. The molecular formula is C13H26N2O3. The van der Waals surface area contributed by atoms with E-state index in [1.165, 1.54) is 0 Å². The fourth-order valence-electron chi connectivity index (χ4n) is 2.27. The minimum atomic E-state index is -0.390. The highest BCUT2D eigenvalue weighted by molar-refractivity contribution is 5.79. The molecule has 1 aliphatic heterocycles. The molecule has 1 aliphatic rings. The summed E-state index contributed by atoms with van der Waals surface area (Å²) < 4.78 is 11.4.